The van der Waals surface area contributed by atoms with Crippen LogP contribution in [0.15, 0.2) is 6.20 Å². The molecule has 0 N–H and O–H groups in total. The third-order valence-corrected chi connectivity index (χ3v) is 2.33. The van der Waals surface area contributed by atoms with Crippen LogP contribution in [0.2, 0.25) is 5.02 Å². The fourth-order valence-corrected chi connectivity index (χ4v) is 1.60. The number of rotatable bonds is 2. The molecule has 0 saturated heterocycles. The Balaban J connectivity index is 3.35. The predicted octanol–water partition coefficient (Wildman–Crippen LogP) is 4.39. The van der Waals surface area contributed by atoms with E-state index in [1.807, 2.05) is 0 Å². The van der Waals surface area contributed by atoms with E-state index >= 15 is 0 Å². The van der Waals surface area contributed by atoms with Crippen LogP contribution >= 0.6 is 23.2 Å². The molecule has 0 unspecified atom stereocenters. The maximum absolute atomic E-state index is 12.6. The molecule has 0 saturated carbocycles. The number of halogens is 8. The second-order valence-electron chi connectivity index (χ2n) is 2.94. The minimum absolute atomic E-state index is 0.433. The Morgan fingerprint density at radius 3 is 2.11 bits per heavy atom. The molecule has 0 aliphatic rings. The quantitative estimate of drug-likeness (QED) is 0.596. The molecule has 0 atom stereocenters. The van der Waals surface area contributed by atoms with Crippen molar-refractivity contribution in [1.82, 2.24) is 4.98 Å². The van der Waals surface area contributed by atoms with Crippen molar-refractivity contribution in [2.24, 2.45) is 0 Å². The summed E-state index contributed by atoms with van der Waals surface area (Å²) in [5.74, 6) is -1.88. The van der Waals surface area contributed by atoms with Crippen molar-refractivity contribution in [3.8, 4) is 5.75 Å². The van der Waals surface area contributed by atoms with Gasteiger partial charge in [0.1, 0.15) is 5.56 Å². The van der Waals surface area contributed by atoms with Crippen molar-refractivity contribution < 1.29 is 31.1 Å². The van der Waals surface area contributed by atoms with E-state index in [-0.39, 0.29) is 0 Å². The molecule has 1 heterocycles. The van der Waals surface area contributed by atoms with Crippen LogP contribution in [0.5, 0.6) is 5.75 Å². The molecule has 0 fully saturated rings. The van der Waals surface area contributed by atoms with E-state index in [0.29, 0.717) is 6.20 Å². The molecule has 0 aliphatic heterocycles. The number of hydrogen-bond donors (Lipinski definition) is 0. The minimum Gasteiger partial charge on any atom is -0.403 e. The molecule has 102 valence electrons. The topological polar surface area (TPSA) is 22.1 Å². The summed E-state index contributed by atoms with van der Waals surface area (Å²) in [5.41, 5.74) is -2.22. The SMILES string of the molecule is FC(F)(F)Oc1cnc(CCl)c(C(F)(F)F)c1Cl. The second kappa shape index (κ2) is 5.00. The first-order valence-electron chi connectivity index (χ1n) is 4.12. The van der Waals surface area contributed by atoms with Crippen molar-refractivity contribution in [3.63, 3.8) is 0 Å². The number of hydrogen-bond acceptors (Lipinski definition) is 2. The van der Waals surface area contributed by atoms with Gasteiger partial charge in [-0.15, -0.1) is 24.8 Å². The van der Waals surface area contributed by atoms with Crippen LogP contribution in [0.3, 0.4) is 0 Å². The molecule has 18 heavy (non-hydrogen) atoms. The summed E-state index contributed by atoms with van der Waals surface area (Å²) in [6.07, 6.45) is -9.72. The van der Waals surface area contributed by atoms with Crippen LogP contribution < -0.4 is 4.74 Å². The number of ether oxygens (including phenoxy) is 1. The summed E-state index contributed by atoms with van der Waals surface area (Å²) in [7, 11) is 0. The van der Waals surface area contributed by atoms with E-state index < -0.39 is 40.4 Å². The van der Waals surface area contributed by atoms with Crippen LogP contribution in [0.25, 0.3) is 0 Å². The molecular weight excluding hydrogens is 311 g/mol. The summed E-state index contributed by atoms with van der Waals surface area (Å²) in [5, 5.41) is -1.23. The maximum atomic E-state index is 12.6. The molecule has 0 aliphatic carbocycles. The predicted molar refractivity (Wildman–Crippen MR) is 50.5 cm³/mol. The highest BCUT2D eigenvalue weighted by Crippen LogP contribution is 2.42. The normalized spacial score (nSPS) is 12.7. The monoisotopic (exact) mass is 313 g/mol. The summed E-state index contributed by atoms with van der Waals surface area (Å²) in [6, 6.07) is 0. The van der Waals surface area contributed by atoms with Crippen molar-refractivity contribution in [2.45, 2.75) is 18.4 Å². The van der Waals surface area contributed by atoms with Gasteiger partial charge in [-0.05, 0) is 0 Å². The lowest BCUT2D eigenvalue weighted by molar-refractivity contribution is -0.274. The van der Waals surface area contributed by atoms with E-state index in [4.69, 9.17) is 23.2 Å². The third-order valence-electron chi connectivity index (χ3n) is 1.70. The lowest BCUT2D eigenvalue weighted by Crippen LogP contribution is -2.19. The summed E-state index contributed by atoms with van der Waals surface area (Å²) >= 11 is 10.5. The molecule has 1 aromatic rings. The lowest BCUT2D eigenvalue weighted by Gasteiger charge is -2.16. The van der Waals surface area contributed by atoms with Gasteiger partial charge in [-0.3, -0.25) is 4.98 Å². The first-order chi connectivity index (χ1) is 8.06. The van der Waals surface area contributed by atoms with Crippen LogP contribution in [0, 0.1) is 0 Å². The van der Waals surface area contributed by atoms with Gasteiger partial charge in [-0.2, -0.15) is 13.2 Å². The summed E-state index contributed by atoms with van der Waals surface area (Å²) in [6.45, 7) is 0. The Labute approximate surface area is 106 Å². The Morgan fingerprint density at radius 1 is 1.17 bits per heavy atom. The van der Waals surface area contributed by atoms with Gasteiger partial charge in [0, 0.05) is 0 Å². The molecule has 2 nitrogen and oxygen atoms in total. The molecular formula is C8H3Cl2F6NO. The fraction of sp³-hybridized carbons (Fsp3) is 0.375. The van der Waals surface area contributed by atoms with Crippen molar-refractivity contribution in [2.75, 3.05) is 0 Å². The van der Waals surface area contributed by atoms with Crippen LogP contribution in [0.1, 0.15) is 11.3 Å². The van der Waals surface area contributed by atoms with Crippen LogP contribution in [-0.4, -0.2) is 11.3 Å². The lowest BCUT2D eigenvalue weighted by atomic mass is 10.2. The maximum Gasteiger partial charge on any atom is 0.573 e. The molecule has 0 aromatic carbocycles. The molecule has 0 radical (unpaired) electrons. The fourth-order valence-electron chi connectivity index (χ4n) is 1.09. The van der Waals surface area contributed by atoms with E-state index in [0.717, 1.165) is 0 Å². The van der Waals surface area contributed by atoms with Gasteiger partial charge >= 0.3 is 12.5 Å². The Kier molecular flexibility index (Phi) is 4.22. The number of aromatic nitrogens is 1. The average molecular weight is 314 g/mol. The van der Waals surface area contributed by atoms with E-state index in [9.17, 15) is 26.3 Å². The van der Waals surface area contributed by atoms with Crippen molar-refractivity contribution >= 4 is 23.2 Å². The average Bonchev–Trinajstić information content (AvgIpc) is 2.16. The van der Waals surface area contributed by atoms with Gasteiger partial charge in [0.2, 0.25) is 0 Å². The van der Waals surface area contributed by atoms with Crippen molar-refractivity contribution in [1.29, 1.82) is 0 Å². The van der Waals surface area contributed by atoms with Gasteiger partial charge in [-0.25, -0.2) is 0 Å². The highest BCUT2D eigenvalue weighted by molar-refractivity contribution is 6.33. The molecule has 1 aromatic heterocycles. The number of alkyl halides is 7. The molecule has 0 bridgehead atoms. The highest BCUT2D eigenvalue weighted by Gasteiger charge is 2.40. The standard InChI is InChI=1S/C8H3Cl2F6NO/c9-1-3-5(7(11,12)13)6(10)4(2-17-3)18-8(14,15)16/h2H,1H2. The zero-order valence-electron chi connectivity index (χ0n) is 8.16. The van der Waals surface area contributed by atoms with E-state index in [1.165, 1.54) is 0 Å². The zero-order chi connectivity index (χ0) is 14.1. The third kappa shape index (κ3) is 3.55. The molecule has 0 spiro atoms. The largest absolute Gasteiger partial charge is 0.573 e. The highest BCUT2D eigenvalue weighted by atomic mass is 35.5. The van der Waals surface area contributed by atoms with Crippen molar-refractivity contribution in [3.05, 3.63) is 22.5 Å². The zero-order valence-corrected chi connectivity index (χ0v) is 9.68. The van der Waals surface area contributed by atoms with Gasteiger partial charge in [-0.1, -0.05) is 11.6 Å². The smallest absolute Gasteiger partial charge is 0.403 e. The van der Waals surface area contributed by atoms with Crippen LogP contribution in [-0.2, 0) is 12.1 Å². The van der Waals surface area contributed by atoms with E-state index in [2.05, 4.69) is 9.72 Å². The van der Waals surface area contributed by atoms with Gasteiger partial charge in [0.05, 0.1) is 22.8 Å². The van der Waals surface area contributed by atoms with Crippen LogP contribution in [0.4, 0.5) is 26.3 Å². The number of pyridine rings is 1. The van der Waals surface area contributed by atoms with Gasteiger partial charge in [0.25, 0.3) is 0 Å². The minimum atomic E-state index is -5.17. The first kappa shape index (κ1) is 15.2. The Bertz CT molecular complexity index is 444. The van der Waals surface area contributed by atoms with Gasteiger partial charge in [0.15, 0.2) is 5.75 Å². The summed E-state index contributed by atoms with van der Waals surface area (Å²) < 4.78 is 76.8. The Morgan fingerprint density at radius 2 is 1.72 bits per heavy atom. The number of nitrogens with zero attached hydrogens (tertiary/aromatic N) is 1. The van der Waals surface area contributed by atoms with E-state index in [1.54, 1.807) is 0 Å². The Hall–Kier alpha value is -0.890. The van der Waals surface area contributed by atoms with Gasteiger partial charge < -0.3 is 4.74 Å². The molecule has 1 rings (SSSR count). The molecule has 10 heteroatoms. The summed E-state index contributed by atoms with van der Waals surface area (Å²) in [4.78, 5) is 3.15. The first-order valence-corrected chi connectivity index (χ1v) is 5.03. The second-order valence-corrected chi connectivity index (χ2v) is 3.58. The molecule has 0 amide bonds.